The molecule has 0 radical (unpaired) electrons. The molecule has 0 fully saturated rings. The fourth-order valence-corrected chi connectivity index (χ4v) is 4.33. The second-order valence-corrected chi connectivity index (χ2v) is 8.84. The molecule has 1 aliphatic carbocycles. The lowest BCUT2D eigenvalue weighted by atomic mass is 9.88. The van der Waals surface area contributed by atoms with Gasteiger partial charge in [-0.3, -0.25) is 0 Å². The number of ether oxygens (including phenoxy) is 2. The molecule has 1 aromatic heterocycles. The number of aromatic nitrogens is 1. The molecule has 3 heteroatoms. The minimum Gasteiger partial charge on any atom is -0.494 e. The van der Waals surface area contributed by atoms with Gasteiger partial charge in [0, 0.05) is 11.6 Å². The van der Waals surface area contributed by atoms with Crippen LogP contribution in [0.4, 0.5) is 0 Å². The fraction of sp³-hybridized carbons (Fsp3) is 0.607. The van der Waals surface area contributed by atoms with Gasteiger partial charge in [-0.05, 0) is 55.0 Å². The Kier molecular flexibility index (Phi) is 10.2. The largest absolute Gasteiger partial charge is 0.494 e. The highest BCUT2D eigenvalue weighted by molar-refractivity contribution is 5.73. The van der Waals surface area contributed by atoms with Gasteiger partial charge in [0.15, 0.2) is 0 Å². The van der Waals surface area contributed by atoms with Gasteiger partial charge in [-0.25, -0.2) is 4.98 Å². The second-order valence-electron chi connectivity index (χ2n) is 8.84. The van der Waals surface area contributed by atoms with E-state index in [1.807, 2.05) is 6.07 Å². The van der Waals surface area contributed by atoms with Crippen molar-refractivity contribution in [1.82, 2.24) is 4.98 Å². The zero-order valence-corrected chi connectivity index (χ0v) is 19.8. The smallest absolute Gasteiger partial charge is 0.213 e. The van der Waals surface area contributed by atoms with Gasteiger partial charge in [-0.2, -0.15) is 0 Å². The van der Waals surface area contributed by atoms with Crippen molar-refractivity contribution in [3.8, 4) is 22.8 Å². The predicted molar refractivity (Wildman–Crippen MR) is 130 cm³/mol. The number of pyridine rings is 1. The molecule has 0 amide bonds. The molecule has 0 saturated heterocycles. The molecule has 3 rings (SSSR count). The number of hydrogen-bond donors (Lipinski definition) is 0. The third-order valence-electron chi connectivity index (χ3n) is 6.21. The maximum Gasteiger partial charge on any atom is 0.213 e. The fourth-order valence-electron chi connectivity index (χ4n) is 4.33. The van der Waals surface area contributed by atoms with E-state index in [1.54, 1.807) is 0 Å². The van der Waals surface area contributed by atoms with Crippen LogP contribution in [0.15, 0.2) is 30.3 Å². The van der Waals surface area contributed by atoms with Crippen molar-refractivity contribution in [2.24, 2.45) is 0 Å². The highest BCUT2D eigenvalue weighted by atomic mass is 16.5. The van der Waals surface area contributed by atoms with Crippen molar-refractivity contribution in [2.75, 3.05) is 13.2 Å². The van der Waals surface area contributed by atoms with E-state index in [1.165, 1.54) is 74.5 Å². The summed E-state index contributed by atoms with van der Waals surface area (Å²) in [5, 5.41) is 0. The molecule has 3 nitrogen and oxygen atoms in total. The topological polar surface area (TPSA) is 31.4 Å². The summed E-state index contributed by atoms with van der Waals surface area (Å²) < 4.78 is 11.9. The van der Waals surface area contributed by atoms with Crippen LogP contribution in [-0.4, -0.2) is 18.2 Å². The van der Waals surface area contributed by atoms with Crippen LogP contribution in [0, 0.1) is 0 Å². The molecule has 1 heterocycles. The van der Waals surface area contributed by atoms with E-state index < -0.39 is 0 Å². The lowest BCUT2D eigenvalue weighted by Gasteiger charge is -2.20. The van der Waals surface area contributed by atoms with Crippen LogP contribution < -0.4 is 9.47 Å². The molecule has 0 bridgehead atoms. The molecular weight excluding hydrogens is 382 g/mol. The summed E-state index contributed by atoms with van der Waals surface area (Å²) in [5.74, 6) is 1.78. The van der Waals surface area contributed by atoms with Gasteiger partial charge in [0.05, 0.1) is 18.9 Å². The average molecular weight is 424 g/mol. The summed E-state index contributed by atoms with van der Waals surface area (Å²) in [6, 6.07) is 10.8. The zero-order chi connectivity index (χ0) is 21.7. The van der Waals surface area contributed by atoms with E-state index in [9.17, 15) is 0 Å². The third kappa shape index (κ3) is 7.55. The monoisotopic (exact) mass is 423 g/mol. The Hall–Kier alpha value is -2.03. The molecule has 170 valence electrons. The van der Waals surface area contributed by atoms with Gasteiger partial charge in [0.2, 0.25) is 5.88 Å². The van der Waals surface area contributed by atoms with E-state index in [0.29, 0.717) is 0 Å². The SMILES string of the molecule is CCCCCCCCOc1ccc2c(n1)CCc1cc(OCCCCCCC)ccc1-2. The molecule has 0 saturated carbocycles. The first-order valence-electron chi connectivity index (χ1n) is 12.7. The summed E-state index contributed by atoms with van der Waals surface area (Å²) in [7, 11) is 0. The van der Waals surface area contributed by atoms with Crippen LogP contribution >= 0.6 is 0 Å². The summed E-state index contributed by atoms with van der Waals surface area (Å²) >= 11 is 0. The number of rotatable bonds is 15. The van der Waals surface area contributed by atoms with Crippen LogP contribution in [0.5, 0.6) is 11.6 Å². The molecule has 1 aliphatic rings. The number of hydrogen-bond acceptors (Lipinski definition) is 3. The van der Waals surface area contributed by atoms with Gasteiger partial charge in [-0.15, -0.1) is 0 Å². The van der Waals surface area contributed by atoms with E-state index in [0.717, 1.165) is 56.2 Å². The Morgan fingerprint density at radius 2 is 1.32 bits per heavy atom. The highest BCUT2D eigenvalue weighted by Gasteiger charge is 2.18. The summed E-state index contributed by atoms with van der Waals surface area (Å²) in [4.78, 5) is 4.81. The molecule has 1 aromatic carbocycles. The quantitative estimate of drug-likeness (QED) is 0.272. The number of unbranched alkanes of at least 4 members (excludes halogenated alkanes) is 9. The molecule has 0 spiro atoms. The number of nitrogens with zero attached hydrogens (tertiary/aromatic N) is 1. The average Bonchev–Trinajstić information content (AvgIpc) is 2.80. The van der Waals surface area contributed by atoms with Crippen LogP contribution in [0.3, 0.4) is 0 Å². The number of benzene rings is 1. The van der Waals surface area contributed by atoms with Crippen molar-refractivity contribution in [1.29, 1.82) is 0 Å². The summed E-state index contributed by atoms with van der Waals surface area (Å²) in [5.41, 5.74) is 5.09. The van der Waals surface area contributed by atoms with E-state index >= 15 is 0 Å². The van der Waals surface area contributed by atoms with Gasteiger partial charge in [0.25, 0.3) is 0 Å². The molecule has 0 atom stereocenters. The standard InChI is InChI=1S/C28H41NO2/c1-3-5-7-9-11-13-21-31-28-19-17-26-25-16-15-24(30-20-12-10-8-6-4-2)22-23(25)14-18-27(26)29-28/h15-17,19,22H,3-14,18,20-21H2,1-2H3. The lowest BCUT2D eigenvalue weighted by molar-refractivity contribution is 0.292. The predicted octanol–water partition coefficient (Wildman–Crippen LogP) is 7.94. The molecule has 0 aliphatic heterocycles. The lowest BCUT2D eigenvalue weighted by Crippen LogP contribution is -2.08. The van der Waals surface area contributed by atoms with Crippen LogP contribution in [-0.2, 0) is 12.8 Å². The van der Waals surface area contributed by atoms with Crippen molar-refractivity contribution in [3.05, 3.63) is 41.6 Å². The van der Waals surface area contributed by atoms with Gasteiger partial charge < -0.3 is 9.47 Å². The first-order chi connectivity index (χ1) is 15.3. The Morgan fingerprint density at radius 1 is 0.677 bits per heavy atom. The molecule has 0 N–H and O–H groups in total. The first kappa shape index (κ1) is 23.6. The number of fused-ring (bicyclic) bond motifs is 3. The normalized spacial score (nSPS) is 12.3. The van der Waals surface area contributed by atoms with Crippen molar-refractivity contribution < 1.29 is 9.47 Å². The van der Waals surface area contributed by atoms with E-state index in [2.05, 4.69) is 38.1 Å². The molecule has 2 aromatic rings. The van der Waals surface area contributed by atoms with Gasteiger partial charge >= 0.3 is 0 Å². The first-order valence-corrected chi connectivity index (χ1v) is 12.7. The van der Waals surface area contributed by atoms with Crippen molar-refractivity contribution in [2.45, 2.75) is 97.3 Å². The summed E-state index contributed by atoms with van der Waals surface area (Å²) in [6.45, 7) is 6.10. The third-order valence-corrected chi connectivity index (χ3v) is 6.21. The van der Waals surface area contributed by atoms with Crippen molar-refractivity contribution >= 4 is 0 Å². The minimum atomic E-state index is 0.771. The minimum absolute atomic E-state index is 0.771. The van der Waals surface area contributed by atoms with Gasteiger partial charge in [0.1, 0.15) is 5.75 Å². The summed E-state index contributed by atoms with van der Waals surface area (Å²) in [6.07, 6.45) is 16.0. The van der Waals surface area contributed by atoms with Gasteiger partial charge in [-0.1, -0.05) is 77.7 Å². The van der Waals surface area contributed by atoms with Crippen LogP contribution in [0.25, 0.3) is 11.1 Å². The number of aryl methyl sites for hydroxylation is 2. The van der Waals surface area contributed by atoms with Crippen LogP contribution in [0.2, 0.25) is 0 Å². The Morgan fingerprint density at radius 3 is 2.06 bits per heavy atom. The second kappa shape index (κ2) is 13.4. The van der Waals surface area contributed by atoms with E-state index in [4.69, 9.17) is 14.5 Å². The Labute approximate surface area is 189 Å². The maximum absolute atomic E-state index is 6.01. The Balaban J connectivity index is 1.48. The Bertz CT molecular complexity index is 787. The molecule has 0 unspecified atom stereocenters. The van der Waals surface area contributed by atoms with Crippen molar-refractivity contribution in [3.63, 3.8) is 0 Å². The maximum atomic E-state index is 6.01. The highest BCUT2D eigenvalue weighted by Crippen LogP contribution is 2.35. The zero-order valence-electron chi connectivity index (χ0n) is 19.8. The van der Waals surface area contributed by atoms with Crippen LogP contribution in [0.1, 0.15) is 95.7 Å². The molecule has 31 heavy (non-hydrogen) atoms. The van der Waals surface area contributed by atoms with E-state index in [-0.39, 0.29) is 0 Å². The molecular formula is C28H41NO2.